The molecule has 20 heavy (non-hydrogen) atoms. The number of carbonyl (C=O) groups is 1. The van der Waals surface area contributed by atoms with E-state index in [4.69, 9.17) is 9.47 Å². The van der Waals surface area contributed by atoms with Crippen molar-refractivity contribution in [1.29, 1.82) is 0 Å². The van der Waals surface area contributed by atoms with Crippen molar-refractivity contribution in [3.05, 3.63) is 0 Å². The Labute approximate surface area is 124 Å². The number of nitrogens with one attached hydrogen (secondary N) is 1. The maximum Gasteiger partial charge on any atom is 0.325 e. The minimum absolute atomic E-state index is 0.181. The van der Waals surface area contributed by atoms with Crippen molar-refractivity contribution in [3.8, 4) is 0 Å². The molecule has 4 nitrogen and oxygen atoms in total. The Kier molecular flexibility index (Phi) is 11.8. The molecule has 120 valence electrons. The van der Waals surface area contributed by atoms with Gasteiger partial charge in [0.2, 0.25) is 0 Å². The van der Waals surface area contributed by atoms with E-state index >= 15 is 0 Å². The lowest BCUT2D eigenvalue weighted by Crippen LogP contribution is -2.50. The summed E-state index contributed by atoms with van der Waals surface area (Å²) in [5.74, 6) is -0.181. The molecule has 0 radical (unpaired) electrons. The van der Waals surface area contributed by atoms with Gasteiger partial charge in [-0.15, -0.1) is 0 Å². The number of hydrogen-bond acceptors (Lipinski definition) is 4. The van der Waals surface area contributed by atoms with Gasteiger partial charge in [0, 0.05) is 13.2 Å². The molecule has 0 bridgehead atoms. The second-order valence-corrected chi connectivity index (χ2v) is 5.48. The third kappa shape index (κ3) is 8.54. The van der Waals surface area contributed by atoms with Crippen molar-refractivity contribution in [3.63, 3.8) is 0 Å². The third-order valence-electron chi connectivity index (χ3n) is 3.56. The maximum atomic E-state index is 11.8. The fraction of sp³-hybridized carbons (Fsp3) is 0.938. The van der Waals surface area contributed by atoms with Gasteiger partial charge in [0.05, 0.1) is 7.11 Å². The summed E-state index contributed by atoms with van der Waals surface area (Å²) in [5.41, 5.74) is -0.565. The van der Waals surface area contributed by atoms with E-state index in [0.717, 1.165) is 45.4 Å². The van der Waals surface area contributed by atoms with E-state index in [1.54, 1.807) is 0 Å². The van der Waals surface area contributed by atoms with Gasteiger partial charge in [0.15, 0.2) is 0 Å². The molecule has 1 atom stereocenters. The smallest absolute Gasteiger partial charge is 0.325 e. The Hall–Kier alpha value is -0.610. The van der Waals surface area contributed by atoms with Crippen LogP contribution < -0.4 is 5.32 Å². The number of methoxy groups -OCH3 is 1. The first-order chi connectivity index (χ1) is 9.60. The molecule has 0 saturated carbocycles. The fourth-order valence-electron chi connectivity index (χ4n) is 2.29. The van der Waals surface area contributed by atoms with Crippen LogP contribution in [0.3, 0.4) is 0 Å². The predicted molar refractivity (Wildman–Crippen MR) is 82.9 cm³/mol. The summed E-state index contributed by atoms with van der Waals surface area (Å²) >= 11 is 0. The first-order valence-electron chi connectivity index (χ1n) is 8.02. The molecule has 0 aliphatic heterocycles. The van der Waals surface area contributed by atoms with E-state index in [0.29, 0.717) is 0 Å². The molecule has 0 aliphatic carbocycles. The van der Waals surface area contributed by atoms with Crippen LogP contribution in [0.1, 0.15) is 65.7 Å². The predicted octanol–water partition coefficient (Wildman–Crippen LogP) is 3.29. The Bertz CT molecular complexity index is 246. The molecule has 0 aromatic rings. The van der Waals surface area contributed by atoms with Crippen LogP contribution in [0.4, 0.5) is 0 Å². The van der Waals surface area contributed by atoms with Crippen LogP contribution in [0.25, 0.3) is 0 Å². The van der Waals surface area contributed by atoms with E-state index < -0.39 is 5.54 Å². The van der Waals surface area contributed by atoms with Crippen LogP contribution in [0.15, 0.2) is 0 Å². The highest BCUT2D eigenvalue weighted by molar-refractivity contribution is 5.80. The first kappa shape index (κ1) is 19.4. The topological polar surface area (TPSA) is 47.6 Å². The minimum atomic E-state index is -0.565. The number of unbranched alkanes of at least 4 members (excludes halogenated alkanes) is 4. The molecule has 0 saturated heterocycles. The maximum absolute atomic E-state index is 11.8. The highest BCUT2D eigenvalue weighted by atomic mass is 16.5. The van der Waals surface area contributed by atoms with Crippen molar-refractivity contribution in [1.82, 2.24) is 5.32 Å². The Morgan fingerprint density at radius 3 is 2.25 bits per heavy atom. The number of ether oxygens (including phenoxy) is 2. The van der Waals surface area contributed by atoms with Gasteiger partial charge >= 0.3 is 5.97 Å². The summed E-state index contributed by atoms with van der Waals surface area (Å²) in [6.45, 7) is 8.54. The molecule has 0 heterocycles. The standard InChI is InChI=1S/C16H33NO3/c1-5-7-8-10-13-20-14-11-9-12-16(3,17-6-2)15(18)19-4/h17H,5-14H2,1-4H3. The number of likely N-dealkylation sites (N-methyl/N-ethyl adjacent to an activating group) is 1. The summed E-state index contributed by atoms with van der Waals surface area (Å²) in [5, 5.41) is 3.22. The van der Waals surface area contributed by atoms with E-state index in [9.17, 15) is 4.79 Å². The average Bonchev–Trinajstić information content (AvgIpc) is 2.45. The molecule has 1 N–H and O–H groups in total. The van der Waals surface area contributed by atoms with Crippen LogP contribution in [-0.4, -0.2) is 38.4 Å². The number of rotatable bonds is 13. The van der Waals surface area contributed by atoms with Crippen molar-refractivity contribution < 1.29 is 14.3 Å². The number of esters is 1. The average molecular weight is 287 g/mol. The van der Waals surface area contributed by atoms with Gasteiger partial charge in [-0.1, -0.05) is 33.1 Å². The van der Waals surface area contributed by atoms with Crippen molar-refractivity contribution in [2.75, 3.05) is 26.9 Å². The van der Waals surface area contributed by atoms with Crippen LogP contribution in [0.2, 0.25) is 0 Å². The van der Waals surface area contributed by atoms with Crippen LogP contribution in [-0.2, 0) is 14.3 Å². The largest absolute Gasteiger partial charge is 0.468 e. The number of hydrogen-bond donors (Lipinski definition) is 1. The zero-order chi connectivity index (χ0) is 15.3. The van der Waals surface area contributed by atoms with E-state index in [2.05, 4.69) is 12.2 Å². The molecule has 0 aliphatic rings. The monoisotopic (exact) mass is 287 g/mol. The molecule has 0 fully saturated rings. The molecular weight excluding hydrogens is 254 g/mol. The van der Waals surface area contributed by atoms with Crippen LogP contribution >= 0.6 is 0 Å². The molecule has 0 spiro atoms. The summed E-state index contributed by atoms with van der Waals surface area (Å²) in [7, 11) is 1.44. The fourth-order valence-corrected chi connectivity index (χ4v) is 2.29. The molecule has 4 heteroatoms. The van der Waals surface area contributed by atoms with E-state index in [-0.39, 0.29) is 5.97 Å². The van der Waals surface area contributed by atoms with Gasteiger partial charge in [0.1, 0.15) is 5.54 Å². The lowest BCUT2D eigenvalue weighted by molar-refractivity contribution is -0.148. The second kappa shape index (κ2) is 12.2. The van der Waals surface area contributed by atoms with Gasteiger partial charge < -0.3 is 14.8 Å². The van der Waals surface area contributed by atoms with Gasteiger partial charge in [0.25, 0.3) is 0 Å². The SMILES string of the molecule is CCCCCCOCCCCC(C)(NCC)C(=O)OC. The van der Waals surface area contributed by atoms with Crippen molar-refractivity contribution in [2.45, 2.75) is 71.3 Å². The summed E-state index contributed by atoms with van der Waals surface area (Å²) in [6, 6.07) is 0. The molecular formula is C16H33NO3. The number of carbonyl (C=O) groups excluding carboxylic acids is 1. The van der Waals surface area contributed by atoms with Crippen molar-refractivity contribution in [2.24, 2.45) is 0 Å². The highest BCUT2D eigenvalue weighted by Crippen LogP contribution is 2.15. The summed E-state index contributed by atoms with van der Waals surface area (Å²) in [4.78, 5) is 11.8. The van der Waals surface area contributed by atoms with E-state index in [1.807, 2.05) is 13.8 Å². The Morgan fingerprint density at radius 2 is 1.70 bits per heavy atom. The lowest BCUT2D eigenvalue weighted by Gasteiger charge is -2.27. The van der Waals surface area contributed by atoms with Gasteiger partial charge in [-0.2, -0.15) is 0 Å². The van der Waals surface area contributed by atoms with E-state index in [1.165, 1.54) is 26.4 Å². The quantitative estimate of drug-likeness (QED) is 0.417. The third-order valence-corrected chi connectivity index (χ3v) is 3.56. The normalized spacial score (nSPS) is 14.0. The van der Waals surface area contributed by atoms with Gasteiger partial charge in [-0.05, 0) is 39.2 Å². The lowest BCUT2D eigenvalue weighted by atomic mass is 9.95. The van der Waals surface area contributed by atoms with Crippen LogP contribution in [0, 0.1) is 0 Å². The first-order valence-corrected chi connectivity index (χ1v) is 8.02. The van der Waals surface area contributed by atoms with Gasteiger partial charge in [-0.3, -0.25) is 4.79 Å². The highest BCUT2D eigenvalue weighted by Gasteiger charge is 2.32. The Morgan fingerprint density at radius 1 is 1.05 bits per heavy atom. The molecule has 0 aromatic heterocycles. The summed E-state index contributed by atoms with van der Waals surface area (Å²) < 4.78 is 10.5. The molecule has 0 amide bonds. The molecule has 1 unspecified atom stereocenters. The minimum Gasteiger partial charge on any atom is -0.468 e. The van der Waals surface area contributed by atoms with Gasteiger partial charge in [-0.25, -0.2) is 0 Å². The van der Waals surface area contributed by atoms with Crippen LogP contribution in [0.5, 0.6) is 0 Å². The second-order valence-electron chi connectivity index (χ2n) is 5.48. The Balaban J connectivity index is 3.67. The van der Waals surface area contributed by atoms with Crippen molar-refractivity contribution >= 4 is 5.97 Å². The zero-order valence-corrected chi connectivity index (χ0v) is 13.8. The summed E-state index contributed by atoms with van der Waals surface area (Å²) in [6.07, 6.45) is 7.72. The zero-order valence-electron chi connectivity index (χ0n) is 13.8. The molecule has 0 aromatic carbocycles. The molecule has 0 rings (SSSR count).